The molecule has 28 heavy (non-hydrogen) atoms. The highest BCUT2D eigenvalue weighted by molar-refractivity contribution is 7.89. The number of sulfonamides is 1. The van der Waals surface area contributed by atoms with E-state index in [-0.39, 0.29) is 0 Å². The van der Waals surface area contributed by atoms with Crippen LogP contribution in [0, 0.1) is 23.2 Å². The zero-order chi connectivity index (χ0) is 19.4. The molecule has 6 rings (SSSR count). The molecule has 0 heterocycles. The van der Waals surface area contributed by atoms with Crippen LogP contribution in [0.5, 0.6) is 0 Å². The van der Waals surface area contributed by atoms with Crippen LogP contribution < -0.4 is 4.72 Å². The molecule has 3 nitrogen and oxygen atoms in total. The Hall–Kier alpha value is -1.10. The maximum Gasteiger partial charge on any atom is 0.241 e. The summed E-state index contributed by atoms with van der Waals surface area (Å²) in [5.74, 6) is 2.84. The number of rotatable bonds is 6. The highest BCUT2D eigenvalue weighted by Crippen LogP contribution is 2.61. The van der Waals surface area contributed by atoms with Crippen molar-refractivity contribution in [3.8, 4) is 0 Å². The minimum Gasteiger partial charge on any atom is -0.211 e. The fraction of sp³-hybridized carbons (Fsp3) is 0.565. The normalized spacial score (nSPS) is 31.5. The summed E-state index contributed by atoms with van der Waals surface area (Å²) in [6.45, 7) is 0.515. The summed E-state index contributed by atoms with van der Waals surface area (Å²) in [6, 6.07) is 10.7. The maximum absolute atomic E-state index is 12.9. The second-order valence-electron chi connectivity index (χ2n) is 9.51. The van der Waals surface area contributed by atoms with Crippen molar-refractivity contribution in [2.75, 3.05) is 6.54 Å². The third kappa shape index (κ3) is 3.38. The van der Waals surface area contributed by atoms with Crippen LogP contribution in [0.1, 0.15) is 51.4 Å². The predicted molar refractivity (Wildman–Crippen MR) is 114 cm³/mol. The van der Waals surface area contributed by atoms with Gasteiger partial charge in [0.2, 0.25) is 10.0 Å². The zero-order valence-corrected chi connectivity index (χ0v) is 17.7. The standard InChI is InChI=1S/C23H28ClNO2S/c24-21-6-7-22(20-5-2-1-4-19(20)21)28(26,27)25-9-3-8-23-13-16-10-17(14-23)12-18(11-16)15-23/h1-2,4-7,16-18,25H,3,8-15H2. The van der Waals surface area contributed by atoms with Gasteiger partial charge >= 0.3 is 0 Å². The lowest BCUT2D eigenvalue weighted by atomic mass is 9.48. The summed E-state index contributed by atoms with van der Waals surface area (Å²) in [6.07, 6.45) is 10.6. The van der Waals surface area contributed by atoms with Gasteiger partial charge in [0.05, 0.1) is 4.90 Å². The first-order valence-corrected chi connectivity index (χ1v) is 12.5. The van der Waals surface area contributed by atoms with Gasteiger partial charge in [0.15, 0.2) is 0 Å². The van der Waals surface area contributed by atoms with Gasteiger partial charge in [0.1, 0.15) is 0 Å². The van der Waals surface area contributed by atoms with Crippen molar-refractivity contribution >= 4 is 32.4 Å². The Morgan fingerprint density at radius 2 is 1.54 bits per heavy atom. The van der Waals surface area contributed by atoms with Crippen molar-refractivity contribution < 1.29 is 8.42 Å². The number of halogens is 1. The van der Waals surface area contributed by atoms with Crippen LogP contribution >= 0.6 is 11.6 Å². The monoisotopic (exact) mass is 417 g/mol. The van der Waals surface area contributed by atoms with Crippen molar-refractivity contribution in [3.63, 3.8) is 0 Å². The molecule has 4 bridgehead atoms. The van der Waals surface area contributed by atoms with E-state index in [1.165, 1.54) is 44.9 Å². The molecule has 150 valence electrons. The second-order valence-corrected chi connectivity index (χ2v) is 11.7. The van der Waals surface area contributed by atoms with Crippen LogP contribution in [0.4, 0.5) is 0 Å². The SMILES string of the molecule is O=S(=O)(NCCCC12CC3CC(CC(C3)C1)C2)c1ccc(Cl)c2ccccc12. The van der Waals surface area contributed by atoms with Crippen LogP contribution in [0.15, 0.2) is 41.3 Å². The molecule has 1 N–H and O–H groups in total. The fourth-order valence-corrected chi connectivity index (χ4v) is 8.32. The number of hydrogen-bond acceptors (Lipinski definition) is 2. The molecule has 4 aliphatic carbocycles. The van der Waals surface area contributed by atoms with E-state index in [4.69, 9.17) is 11.6 Å². The van der Waals surface area contributed by atoms with E-state index >= 15 is 0 Å². The number of hydrogen-bond donors (Lipinski definition) is 1. The predicted octanol–water partition coefficient (Wildman–Crippen LogP) is 5.77. The first-order valence-electron chi connectivity index (χ1n) is 10.6. The quantitative estimate of drug-likeness (QED) is 0.606. The molecular formula is C23H28ClNO2S. The third-order valence-electron chi connectivity index (χ3n) is 7.46. The fourth-order valence-electron chi connectivity index (χ4n) is 6.81. The smallest absolute Gasteiger partial charge is 0.211 e. The summed E-state index contributed by atoms with van der Waals surface area (Å²) in [4.78, 5) is 0.322. The van der Waals surface area contributed by atoms with Crippen LogP contribution in [0.2, 0.25) is 5.02 Å². The molecule has 0 aliphatic heterocycles. The minimum atomic E-state index is -3.54. The molecule has 4 aliphatic rings. The van der Waals surface area contributed by atoms with Crippen LogP contribution in [0.25, 0.3) is 10.8 Å². The van der Waals surface area contributed by atoms with Crippen LogP contribution in [0.3, 0.4) is 0 Å². The topological polar surface area (TPSA) is 46.2 Å². The van der Waals surface area contributed by atoms with Gasteiger partial charge in [-0.3, -0.25) is 0 Å². The first kappa shape index (κ1) is 18.9. The Balaban J connectivity index is 1.25. The summed E-state index contributed by atoms with van der Waals surface area (Å²) in [5, 5.41) is 2.04. The van der Waals surface area contributed by atoms with Gasteiger partial charge in [-0.25, -0.2) is 13.1 Å². The minimum absolute atomic E-state index is 0.322. The number of fused-ring (bicyclic) bond motifs is 1. The van der Waals surface area contributed by atoms with E-state index < -0.39 is 10.0 Å². The lowest BCUT2D eigenvalue weighted by molar-refractivity contribution is -0.0578. The summed E-state index contributed by atoms with van der Waals surface area (Å²) >= 11 is 6.24. The molecule has 0 atom stereocenters. The van der Waals surface area contributed by atoms with Gasteiger partial charge in [-0.1, -0.05) is 35.9 Å². The Labute approximate surface area is 172 Å². The molecule has 0 saturated heterocycles. The molecule has 0 unspecified atom stereocenters. The Kier molecular flexibility index (Phi) is 4.72. The molecule has 0 amide bonds. The lowest BCUT2D eigenvalue weighted by Crippen LogP contribution is -2.46. The molecule has 4 saturated carbocycles. The van der Waals surface area contributed by atoms with E-state index in [1.54, 1.807) is 12.1 Å². The van der Waals surface area contributed by atoms with E-state index in [0.29, 0.717) is 27.3 Å². The molecule has 0 radical (unpaired) electrons. The highest BCUT2D eigenvalue weighted by Gasteiger charge is 2.50. The zero-order valence-electron chi connectivity index (χ0n) is 16.2. The van der Waals surface area contributed by atoms with Crippen molar-refractivity contribution in [2.24, 2.45) is 23.2 Å². The molecule has 2 aromatic carbocycles. The van der Waals surface area contributed by atoms with E-state index in [9.17, 15) is 8.42 Å². The Morgan fingerprint density at radius 3 is 2.18 bits per heavy atom. The third-order valence-corrected chi connectivity index (χ3v) is 9.31. The second kappa shape index (κ2) is 7.00. The van der Waals surface area contributed by atoms with E-state index in [2.05, 4.69) is 4.72 Å². The highest BCUT2D eigenvalue weighted by atomic mass is 35.5. The van der Waals surface area contributed by atoms with Crippen molar-refractivity contribution in [3.05, 3.63) is 41.4 Å². The van der Waals surface area contributed by atoms with Gasteiger partial charge in [-0.2, -0.15) is 0 Å². The van der Waals surface area contributed by atoms with Gasteiger partial charge in [-0.05, 0) is 86.7 Å². The van der Waals surface area contributed by atoms with Crippen LogP contribution in [-0.2, 0) is 10.0 Å². The largest absolute Gasteiger partial charge is 0.241 e. The van der Waals surface area contributed by atoms with Gasteiger partial charge in [0.25, 0.3) is 0 Å². The molecule has 5 heteroatoms. The maximum atomic E-state index is 12.9. The average Bonchev–Trinajstić information content (AvgIpc) is 2.65. The van der Waals surface area contributed by atoms with Gasteiger partial charge in [0, 0.05) is 22.3 Å². The molecular weight excluding hydrogens is 390 g/mol. The molecule has 0 aromatic heterocycles. The molecule has 4 fully saturated rings. The number of benzene rings is 2. The number of nitrogens with one attached hydrogen (secondary N) is 1. The lowest BCUT2D eigenvalue weighted by Gasteiger charge is -2.57. The Morgan fingerprint density at radius 1 is 0.929 bits per heavy atom. The van der Waals surface area contributed by atoms with Crippen LogP contribution in [-0.4, -0.2) is 15.0 Å². The average molecular weight is 418 g/mol. The van der Waals surface area contributed by atoms with E-state index in [1.807, 2.05) is 24.3 Å². The Bertz CT molecular complexity index is 966. The first-order chi connectivity index (χ1) is 13.4. The molecule has 0 spiro atoms. The van der Waals surface area contributed by atoms with Crippen molar-refractivity contribution in [2.45, 2.75) is 56.3 Å². The van der Waals surface area contributed by atoms with Crippen molar-refractivity contribution in [1.82, 2.24) is 4.72 Å². The summed E-state index contributed by atoms with van der Waals surface area (Å²) in [5.41, 5.74) is 0.507. The summed E-state index contributed by atoms with van der Waals surface area (Å²) < 4.78 is 28.7. The van der Waals surface area contributed by atoms with E-state index in [0.717, 1.165) is 29.6 Å². The van der Waals surface area contributed by atoms with Gasteiger partial charge < -0.3 is 0 Å². The summed E-state index contributed by atoms with van der Waals surface area (Å²) in [7, 11) is -3.54. The molecule has 2 aromatic rings. The van der Waals surface area contributed by atoms with Crippen molar-refractivity contribution in [1.29, 1.82) is 0 Å². The van der Waals surface area contributed by atoms with Gasteiger partial charge in [-0.15, -0.1) is 0 Å².